The number of benzene rings is 3. The average Bonchev–Trinajstić information content (AvgIpc) is 3.29. The van der Waals surface area contributed by atoms with Crippen LogP contribution in [0, 0.1) is 0 Å². The fourth-order valence-electron chi connectivity index (χ4n) is 3.69. The van der Waals surface area contributed by atoms with E-state index in [0.29, 0.717) is 45.9 Å². The normalized spacial score (nSPS) is 10.5. The van der Waals surface area contributed by atoms with Crippen molar-refractivity contribution < 1.29 is 4.79 Å². The van der Waals surface area contributed by atoms with Crippen molar-refractivity contribution in [3.8, 4) is 11.4 Å². The lowest BCUT2D eigenvalue weighted by Gasteiger charge is -2.10. The van der Waals surface area contributed by atoms with Gasteiger partial charge in [0.25, 0.3) is 11.5 Å². The largest absolute Gasteiger partial charge is 0.380 e. The fraction of sp³-hybridized carbons (Fsp3) is 0.0385. The molecule has 0 aliphatic rings. The van der Waals surface area contributed by atoms with Crippen LogP contribution in [-0.4, -0.2) is 20.9 Å². The van der Waals surface area contributed by atoms with E-state index in [-0.39, 0.29) is 23.9 Å². The number of amides is 1. The molecule has 0 atom stereocenters. The van der Waals surface area contributed by atoms with Crippen molar-refractivity contribution in [2.24, 2.45) is 0 Å². The minimum Gasteiger partial charge on any atom is -0.380 e. The van der Waals surface area contributed by atoms with Gasteiger partial charge in [0.2, 0.25) is 0 Å². The van der Waals surface area contributed by atoms with Gasteiger partial charge in [0.15, 0.2) is 0 Å². The Bertz CT molecular complexity index is 1480. The minimum absolute atomic E-state index is 0. The molecule has 0 unspecified atom stereocenters. The van der Waals surface area contributed by atoms with E-state index in [1.165, 1.54) is 0 Å². The third-order valence-electron chi connectivity index (χ3n) is 5.32. The molecule has 1 amide bonds. The first-order valence-electron chi connectivity index (χ1n) is 10.5. The van der Waals surface area contributed by atoms with Gasteiger partial charge in [-0.2, -0.15) is 0 Å². The summed E-state index contributed by atoms with van der Waals surface area (Å²) in [5, 5.41) is 6.25. The Balaban J connectivity index is 0.00000274. The first-order chi connectivity index (χ1) is 16.2. The highest BCUT2D eigenvalue weighted by Crippen LogP contribution is 2.28. The molecule has 0 saturated carbocycles. The van der Waals surface area contributed by atoms with Crippen LogP contribution in [0.3, 0.4) is 0 Å². The second kappa shape index (κ2) is 10.1. The lowest BCUT2D eigenvalue weighted by molar-refractivity contribution is 0.102. The summed E-state index contributed by atoms with van der Waals surface area (Å²) in [7, 11) is 0. The number of nitrogens with one attached hydrogen (secondary N) is 4. The predicted molar refractivity (Wildman–Crippen MR) is 138 cm³/mol. The average molecular weight is 472 g/mol. The van der Waals surface area contributed by atoms with E-state index in [1.54, 1.807) is 24.4 Å². The van der Waals surface area contributed by atoms with Crippen molar-refractivity contribution in [1.29, 1.82) is 0 Å². The minimum atomic E-state index is -0.262. The van der Waals surface area contributed by atoms with Gasteiger partial charge in [0.1, 0.15) is 16.9 Å². The zero-order chi connectivity index (χ0) is 22.6. The second-order valence-corrected chi connectivity index (χ2v) is 7.54. The van der Waals surface area contributed by atoms with E-state index in [9.17, 15) is 9.59 Å². The van der Waals surface area contributed by atoms with Gasteiger partial charge in [-0.15, -0.1) is 12.4 Å². The summed E-state index contributed by atoms with van der Waals surface area (Å²) in [6, 6.07) is 26.2. The summed E-state index contributed by atoms with van der Waals surface area (Å²) in [5.41, 5.74) is 4.32. The first kappa shape index (κ1) is 22.8. The number of pyridine rings is 1. The molecule has 5 aromatic rings. The van der Waals surface area contributed by atoms with E-state index in [4.69, 9.17) is 0 Å². The number of para-hydroxylation sites is 1. The number of hydrogen-bond acceptors (Lipinski definition) is 4. The van der Waals surface area contributed by atoms with E-state index < -0.39 is 0 Å². The third kappa shape index (κ3) is 4.69. The SMILES string of the molecule is Cl.O=C(Nc1cccc2[nH]c(-c3c(NCc4ccccc4)cc[nH]c3=O)nc12)c1ccccc1. The van der Waals surface area contributed by atoms with E-state index in [2.05, 4.69) is 25.6 Å². The quantitative estimate of drug-likeness (QED) is 0.273. The number of imidazole rings is 1. The molecule has 4 N–H and O–H groups in total. The number of rotatable bonds is 6. The predicted octanol–water partition coefficient (Wildman–Crippen LogP) is 5.20. The molecule has 0 aliphatic heterocycles. The number of H-pyrrole nitrogens is 2. The molecular formula is C26H22ClN5O2. The van der Waals surface area contributed by atoms with Gasteiger partial charge < -0.3 is 20.6 Å². The molecule has 0 saturated heterocycles. The Morgan fingerprint density at radius 1 is 0.853 bits per heavy atom. The third-order valence-corrected chi connectivity index (χ3v) is 5.32. The number of fused-ring (bicyclic) bond motifs is 1. The van der Waals surface area contributed by atoms with Crippen molar-refractivity contribution in [2.45, 2.75) is 6.54 Å². The number of halogens is 1. The molecule has 0 spiro atoms. The molecule has 2 heterocycles. The lowest BCUT2D eigenvalue weighted by atomic mass is 10.2. The van der Waals surface area contributed by atoms with Crippen LogP contribution in [0.1, 0.15) is 15.9 Å². The van der Waals surface area contributed by atoms with Crippen LogP contribution in [0.4, 0.5) is 11.4 Å². The molecule has 34 heavy (non-hydrogen) atoms. The molecule has 7 nitrogen and oxygen atoms in total. The van der Waals surface area contributed by atoms with Crippen LogP contribution in [-0.2, 0) is 6.54 Å². The van der Waals surface area contributed by atoms with Crippen LogP contribution >= 0.6 is 12.4 Å². The summed E-state index contributed by atoms with van der Waals surface area (Å²) in [6.45, 7) is 0.565. The first-order valence-corrected chi connectivity index (χ1v) is 10.5. The second-order valence-electron chi connectivity index (χ2n) is 7.54. The number of nitrogens with zero attached hydrogens (tertiary/aromatic N) is 1. The number of aromatic nitrogens is 3. The highest BCUT2D eigenvalue weighted by molar-refractivity contribution is 6.08. The number of hydrogen-bond donors (Lipinski definition) is 4. The Kier molecular flexibility index (Phi) is 6.75. The van der Waals surface area contributed by atoms with Crippen molar-refractivity contribution in [1.82, 2.24) is 15.0 Å². The number of carbonyl (C=O) groups excluding carboxylic acids is 1. The molecule has 3 aromatic carbocycles. The van der Waals surface area contributed by atoms with Gasteiger partial charge in [-0.1, -0.05) is 54.6 Å². The van der Waals surface area contributed by atoms with Gasteiger partial charge in [0.05, 0.1) is 16.9 Å². The summed E-state index contributed by atoms with van der Waals surface area (Å²) in [5.74, 6) is 0.194. The van der Waals surface area contributed by atoms with Crippen molar-refractivity contribution in [3.63, 3.8) is 0 Å². The van der Waals surface area contributed by atoms with E-state index >= 15 is 0 Å². The highest BCUT2D eigenvalue weighted by Gasteiger charge is 2.17. The van der Waals surface area contributed by atoms with Crippen molar-refractivity contribution in [3.05, 3.63) is 113 Å². The van der Waals surface area contributed by atoms with Gasteiger partial charge in [-0.3, -0.25) is 9.59 Å². The fourth-order valence-corrected chi connectivity index (χ4v) is 3.69. The van der Waals surface area contributed by atoms with Crippen LogP contribution in [0.5, 0.6) is 0 Å². The maximum Gasteiger partial charge on any atom is 0.261 e. The van der Waals surface area contributed by atoms with Gasteiger partial charge in [-0.25, -0.2) is 4.98 Å². The van der Waals surface area contributed by atoms with Gasteiger partial charge in [0, 0.05) is 18.3 Å². The Morgan fingerprint density at radius 2 is 1.59 bits per heavy atom. The molecule has 0 fully saturated rings. The summed E-state index contributed by atoms with van der Waals surface area (Å²) in [6.07, 6.45) is 1.60. The molecular weight excluding hydrogens is 450 g/mol. The van der Waals surface area contributed by atoms with E-state index in [1.807, 2.05) is 66.7 Å². The zero-order valence-electron chi connectivity index (χ0n) is 18.0. The smallest absolute Gasteiger partial charge is 0.261 e. The molecule has 0 bridgehead atoms. The van der Waals surface area contributed by atoms with Gasteiger partial charge >= 0.3 is 0 Å². The Labute approximate surface area is 201 Å². The summed E-state index contributed by atoms with van der Waals surface area (Å²) >= 11 is 0. The topological polar surface area (TPSA) is 103 Å². The number of anilines is 2. The Hall–Kier alpha value is -4.36. The molecule has 170 valence electrons. The van der Waals surface area contributed by atoms with Gasteiger partial charge in [-0.05, 0) is 35.9 Å². The summed E-state index contributed by atoms with van der Waals surface area (Å²) in [4.78, 5) is 36.0. The van der Waals surface area contributed by atoms with Crippen LogP contribution in [0.2, 0.25) is 0 Å². The van der Waals surface area contributed by atoms with E-state index in [0.717, 1.165) is 5.56 Å². The molecule has 5 rings (SSSR count). The zero-order valence-corrected chi connectivity index (χ0v) is 18.9. The molecule has 0 aliphatic carbocycles. The maximum absolute atomic E-state index is 12.8. The van der Waals surface area contributed by atoms with Crippen LogP contribution in [0.25, 0.3) is 22.4 Å². The molecule has 0 radical (unpaired) electrons. The van der Waals surface area contributed by atoms with Crippen molar-refractivity contribution >= 4 is 40.7 Å². The molecule has 8 heteroatoms. The maximum atomic E-state index is 12.8. The molecule has 2 aromatic heterocycles. The van der Waals surface area contributed by atoms with Crippen molar-refractivity contribution in [2.75, 3.05) is 10.6 Å². The summed E-state index contributed by atoms with van der Waals surface area (Å²) < 4.78 is 0. The lowest BCUT2D eigenvalue weighted by Crippen LogP contribution is -2.13. The number of aromatic amines is 2. The standard InChI is InChI=1S/C26H21N5O2.ClH/c32-25(18-10-5-2-6-11-18)30-21-13-7-12-20-23(21)31-24(29-20)22-19(14-15-27-26(22)33)28-16-17-8-3-1-4-9-17;/h1-15H,16H2,(H,29,31)(H,30,32)(H2,27,28,33);1H. The van der Waals surface area contributed by atoms with Crippen LogP contribution in [0.15, 0.2) is 95.9 Å². The van der Waals surface area contributed by atoms with Crippen LogP contribution < -0.4 is 16.2 Å². The monoisotopic (exact) mass is 471 g/mol. The number of carbonyl (C=O) groups is 1. The highest BCUT2D eigenvalue weighted by atomic mass is 35.5. The Morgan fingerprint density at radius 3 is 2.35 bits per heavy atom.